The van der Waals surface area contributed by atoms with Crippen molar-refractivity contribution in [1.29, 1.82) is 0 Å². The molecular weight excluding hydrogens is 780 g/mol. The summed E-state index contributed by atoms with van der Waals surface area (Å²) in [5, 5.41) is 116. The Morgan fingerprint density at radius 3 is 1.90 bits per heavy atom. The van der Waals surface area contributed by atoms with Gasteiger partial charge in [-0.3, -0.25) is 4.79 Å². The number of carbonyl (C=O) groups is 1. The second kappa shape index (κ2) is 20.6. The molecule has 0 bridgehead atoms. The van der Waals surface area contributed by atoms with Crippen molar-refractivity contribution in [3.8, 4) is 0 Å². The third-order valence-electron chi connectivity index (χ3n) is 11.6. The fourth-order valence-electron chi connectivity index (χ4n) is 7.91. The molecule has 0 spiro atoms. The highest BCUT2D eigenvalue weighted by molar-refractivity contribution is 5.81. The predicted octanol–water partition coefficient (Wildman–Crippen LogP) is -11.3. The topological polar surface area (TPSA) is 441 Å². The average Bonchev–Trinajstić information content (AvgIpc) is 3.50. The Balaban J connectivity index is 1.35. The highest BCUT2D eigenvalue weighted by atomic mass is 16.8. The lowest BCUT2D eigenvalue weighted by Gasteiger charge is -2.48. The number of rotatable bonds is 16. The first-order chi connectivity index (χ1) is 27.4. The van der Waals surface area contributed by atoms with Gasteiger partial charge in [0, 0.05) is 32.2 Å². The maximum absolute atomic E-state index is 12.9. The summed E-state index contributed by atoms with van der Waals surface area (Å²) in [4.78, 5) is 12.9. The highest BCUT2D eigenvalue weighted by Gasteiger charge is 2.55. The number of piperidine rings is 1. The van der Waals surface area contributed by atoms with Gasteiger partial charge in [0.15, 0.2) is 25.0 Å². The molecular formula is C33H64N8O17. The van der Waals surface area contributed by atoms with Crippen LogP contribution in [0.15, 0.2) is 0 Å². The van der Waals surface area contributed by atoms with Crippen molar-refractivity contribution >= 4 is 5.91 Å². The van der Waals surface area contributed by atoms with Crippen molar-refractivity contribution in [3.05, 3.63) is 0 Å². The van der Waals surface area contributed by atoms with Crippen LogP contribution in [0.4, 0.5) is 0 Å². The van der Waals surface area contributed by atoms with Gasteiger partial charge in [0.25, 0.3) is 5.91 Å². The largest absolute Gasteiger partial charge is 0.394 e. The van der Waals surface area contributed by atoms with E-state index in [2.05, 4.69) is 16.0 Å². The quantitative estimate of drug-likeness (QED) is 0.0686. The van der Waals surface area contributed by atoms with Crippen molar-refractivity contribution in [2.75, 3.05) is 45.9 Å². The fraction of sp³-hybridized carbons (Fsp3) is 0.970. The van der Waals surface area contributed by atoms with Gasteiger partial charge in [-0.05, 0) is 32.4 Å². The number of aliphatic hydroxyl groups excluding tert-OH is 9. The molecule has 4 aliphatic heterocycles. The van der Waals surface area contributed by atoms with E-state index in [0.29, 0.717) is 25.9 Å². The van der Waals surface area contributed by atoms with E-state index in [1.165, 1.54) is 0 Å². The van der Waals surface area contributed by atoms with Gasteiger partial charge in [-0.2, -0.15) is 0 Å². The van der Waals surface area contributed by atoms with Gasteiger partial charge in [-0.15, -0.1) is 0 Å². The summed E-state index contributed by atoms with van der Waals surface area (Å²) in [6.45, 7) is -0.0986. The summed E-state index contributed by atoms with van der Waals surface area (Å²) < 4.78 is 35.6. The SMILES string of the molecule is NC[C@@H](O)C(O)C(=O)N[C@@H]1C[C@H](N)[C@@H](O[C@H]2O[C@H](CNCC3(O)CCNCC3)[C@@H](O)[C@H](O)[C@H]2N)[C@H](O[C@@H]2O[C@H](CO)[C@@H](O[C@H]3O[C@@H](CN)[C@@H](O)[C@H](O)[C@H]3N)[C@H]2O)[C@H]1O. The molecule has 0 aromatic rings. The van der Waals surface area contributed by atoms with Crippen LogP contribution in [0.25, 0.3) is 0 Å². The van der Waals surface area contributed by atoms with Crippen LogP contribution in [0.2, 0.25) is 0 Å². The molecule has 5 rings (SSSR count). The molecule has 4 heterocycles. The monoisotopic (exact) mass is 844 g/mol. The Hall–Kier alpha value is -1.45. The number of hydrogen-bond acceptors (Lipinski definition) is 24. The Morgan fingerprint density at radius 2 is 1.31 bits per heavy atom. The third-order valence-corrected chi connectivity index (χ3v) is 11.6. The van der Waals surface area contributed by atoms with Gasteiger partial charge in [0.2, 0.25) is 0 Å². The molecule has 58 heavy (non-hydrogen) atoms. The van der Waals surface area contributed by atoms with Crippen LogP contribution in [0.1, 0.15) is 19.3 Å². The van der Waals surface area contributed by atoms with Crippen LogP contribution in [-0.2, 0) is 33.2 Å². The second-order valence-corrected chi connectivity index (χ2v) is 15.8. The number of ether oxygens (including phenoxy) is 6. The molecule has 25 heteroatoms. The van der Waals surface area contributed by atoms with E-state index < -0.39 is 153 Å². The van der Waals surface area contributed by atoms with Crippen LogP contribution in [0, 0.1) is 0 Å². The van der Waals surface area contributed by atoms with Gasteiger partial charge in [0.05, 0.1) is 30.3 Å². The van der Waals surface area contributed by atoms with Crippen molar-refractivity contribution in [2.24, 2.45) is 28.7 Å². The van der Waals surface area contributed by atoms with E-state index in [1.54, 1.807) is 0 Å². The first-order valence-electron chi connectivity index (χ1n) is 19.5. The maximum Gasteiger partial charge on any atom is 0.251 e. The number of hydrogen-bond donors (Lipinski definition) is 18. The molecule has 338 valence electrons. The zero-order valence-corrected chi connectivity index (χ0v) is 31.9. The van der Waals surface area contributed by atoms with E-state index in [-0.39, 0.29) is 26.1 Å². The minimum atomic E-state index is -1.99. The summed E-state index contributed by atoms with van der Waals surface area (Å²) in [6.07, 6.45) is -25.3. The highest BCUT2D eigenvalue weighted by Crippen LogP contribution is 2.35. The van der Waals surface area contributed by atoms with Crippen LogP contribution in [0.5, 0.6) is 0 Å². The molecule has 4 saturated heterocycles. The van der Waals surface area contributed by atoms with Gasteiger partial charge >= 0.3 is 0 Å². The minimum absolute atomic E-state index is 0.0483. The lowest BCUT2D eigenvalue weighted by Crippen LogP contribution is -2.69. The first kappa shape index (κ1) is 47.6. The Kier molecular flexibility index (Phi) is 16.9. The lowest BCUT2D eigenvalue weighted by molar-refractivity contribution is -0.308. The van der Waals surface area contributed by atoms with E-state index in [9.17, 15) is 55.9 Å². The Labute approximate surface area is 334 Å². The fourth-order valence-corrected chi connectivity index (χ4v) is 7.91. The van der Waals surface area contributed by atoms with E-state index in [1.807, 2.05) is 0 Å². The zero-order chi connectivity index (χ0) is 42.6. The van der Waals surface area contributed by atoms with Gasteiger partial charge in [0.1, 0.15) is 79.4 Å². The zero-order valence-electron chi connectivity index (χ0n) is 31.9. The standard InChI is InChI=1S/C33H64N8O17/c34-6-13(43)20(45)29(51)41-12-5-11(36)26(56-31-18(38)24(49)22(47)15(54-31)8-40-10-33(52)1-3-39-4-2-33)28(19(12)44)58-32-25(50)27(16(9-42)55-32)57-30-17(37)23(48)21(46)14(7-35)53-30/h11-28,30-32,39-40,42-50,52H,1-10,34-38H2,(H,41,51)/t11-,12+,13+,14-,15+,16+,17+,18+,19-,20?,21+,22+,23+,24+,25+,26+,27+,28+,30+,31+,32-/m0/s1. The lowest BCUT2D eigenvalue weighted by atomic mass is 9.83. The van der Waals surface area contributed by atoms with Crippen molar-refractivity contribution < 1.29 is 84.3 Å². The number of nitrogens with two attached hydrogens (primary N) is 5. The Bertz CT molecular complexity index is 1300. The molecule has 5 aliphatic rings. The predicted molar refractivity (Wildman–Crippen MR) is 194 cm³/mol. The first-order valence-corrected chi connectivity index (χ1v) is 19.5. The number of aliphatic hydroxyl groups is 10. The molecule has 1 saturated carbocycles. The smallest absolute Gasteiger partial charge is 0.251 e. The van der Waals surface area contributed by atoms with Crippen molar-refractivity contribution in [3.63, 3.8) is 0 Å². The average molecular weight is 845 g/mol. The molecule has 1 amide bonds. The third kappa shape index (κ3) is 10.6. The molecule has 5 fully saturated rings. The number of nitrogens with one attached hydrogen (secondary N) is 3. The van der Waals surface area contributed by atoms with Crippen molar-refractivity contribution in [2.45, 2.75) is 153 Å². The Morgan fingerprint density at radius 1 is 0.759 bits per heavy atom. The van der Waals surface area contributed by atoms with E-state index in [0.717, 1.165) is 0 Å². The van der Waals surface area contributed by atoms with Gasteiger partial charge < -0.3 is 124 Å². The summed E-state index contributed by atoms with van der Waals surface area (Å²) in [7, 11) is 0. The normalized spacial score (nSPS) is 45.7. The molecule has 1 aliphatic carbocycles. The molecule has 25 nitrogen and oxygen atoms in total. The minimum Gasteiger partial charge on any atom is -0.394 e. The van der Waals surface area contributed by atoms with Gasteiger partial charge in [-0.1, -0.05) is 0 Å². The molecule has 21 atom stereocenters. The van der Waals surface area contributed by atoms with Crippen LogP contribution < -0.4 is 44.6 Å². The number of amides is 1. The molecule has 0 aromatic heterocycles. The van der Waals surface area contributed by atoms with E-state index in [4.69, 9.17) is 57.1 Å². The summed E-state index contributed by atoms with van der Waals surface area (Å²) in [5.74, 6) is -1.11. The van der Waals surface area contributed by atoms with Gasteiger partial charge in [-0.25, -0.2) is 0 Å². The molecule has 0 aromatic carbocycles. The summed E-state index contributed by atoms with van der Waals surface area (Å²) >= 11 is 0. The molecule has 0 radical (unpaired) electrons. The second-order valence-electron chi connectivity index (χ2n) is 15.8. The summed E-state index contributed by atoms with van der Waals surface area (Å²) in [6, 6.07) is -5.16. The molecule has 1 unspecified atom stereocenters. The number of carbonyl (C=O) groups excluding carboxylic acids is 1. The van der Waals surface area contributed by atoms with E-state index >= 15 is 0 Å². The summed E-state index contributed by atoms with van der Waals surface area (Å²) in [5.41, 5.74) is 28.9. The maximum atomic E-state index is 12.9. The van der Waals surface area contributed by atoms with Crippen LogP contribution in [0.3, 0.4) is 0 Å². The van der Waals surface area contributed by atoms with Crippen LogP contribution >= 0.6 is 0 Å². The molecule has 23 N–H and O–H groups in total. The van der Waals surface area contributed by atoms with Crippen LogP contribution in [-0.4, -0.2) is 237 Å². The van der Waals surface area contributed by atoms with Crippen molar-refractivity contribution in [1.82, 2.24) is 16.0 Å².